The Kier molecular flexibility index (Phi) is 3.43. The first-order valence-corrected chi connectivity index (χ1v) is 7.74. The number of hydrogen-bond donors (Lipinski definition) is 0. The molecule has 0 saturated heterocycles. The average molecular weight is 266 g/mol. The lowest BCUT2D eigenvalue weighted by atomic mass is 10.2. The molecule has 0 fully saturated rings. The second-order valence-corrected chi connectivity index (χ2v) is 6.94. The summed E-state index contributed by atoms with van der Waals surface area (Å²) in [6.45, 7) is 5.61. The van der Waals surface area contributed by atoms with Gasteiger partial charge in [0.05, 0.1) is 18.2 Å². The molecule has 0 spiro atoms. The normalized spacial score (nSPS) is 28.1. The lowest BCUT2D eigenvalue weighted by Crippen LogP contribution is -2.43. The summed E-state index contributed by atoms with van der Waals surface area (Å²) < 4.78 is 18.4. The summed E-state index contributed by atoms with van der Waals surface area (Å²) in [7, 11) is -2.62. The van der Waals surface area contributed by atoms with E-state index in [-0.39, 0.29) is 11.9 Å². The van der Waals surface area contributed by atoms with Gasteiger partial charge in [0, 0.05) is 5.75 Å². The third-order valence-electron chi connectivity index (χ3n) is 2.97. The van der Waals surface area contributed by atoms with Crippen LogP contribution in [-0.4, -0.2) is 21.9 Å². The summed E-state index contributed by atoms with van der Waals surface area (Å²) in [4.78, 5) is 12.2. The van der Waals surface area contributed by atoms with Gasteiger partial charge in [-0.1, -0.05) is 24.6 Å². The number of amides is 1. The van der Waals surface area contributed by atoms with E-state index in [1.807, 2.05) is 38.1 Å². The molecule has 1 aromatic rings. The van der Waals surface area contributed by atoms with Gasteiger partial charge in [-0.05, 0) is 26.0 Å². The number of hydrogen-bond acceptors (Lipinski definition) is 3. The van der Waals surface area contributed by atoms with Crippen molar-refractivity contribution in [3.05, 3.63) is 29.8 Å². The van der Waals surface area contributed by atoms with E-state index in [4.69, 9.17) is 0 Å². The number of aryl methyl sites for hydroxylation is 1. The molecule has 1 heterocycles. The van der Waals surface area contributed by atoms with Crippen molar-refractivity contribution < 1.29 is 9.00 Å². The highest BCUT2D eigenvalue weighted by Gasteiger charge is 2.32. The van der Waals surface area contributed by atoms with Gasteiger partial charge in [0.15, 0.2) is 0 Å². The van der Waals surface area contributed by atoms with Crippen LogP contribution in [0.4, 0.5) is 5.69 Å². The van der Waals surface area contributed by atoms with Crippen molar-refractivity contribution >= 4 is 21.5 Å². The molecule has 98 valence electrons. The van der Waals surface area contributed by atoms with Gasteiger partial charge in [-0.15, -0.1) is 0 Å². The van der Waals surface area contributed by atoms with Crippen LogP contribution in [0.3, 0.4) is 0 Å². The fourth-order valence-electron chi connectivity index (χ4n) is 2.05. The van der Waals surface area contributed by atoms with Crippen molar-refractivity contribution in [1.29, 1.82) is 0 Å². The molecule has 4 nitrogen and oxygen atoms in total. The Morgan fingerprint density at radius 2 is 2.00 bits per heavy atom. The maximum atomic E-state index is 12.8. The van der Waals surface area contributed by atoms with Crippen molar-refractivity contribution in [1.82, 2.24) is 0 Å². The zero-order valence-electron chi connectivity index (χ0n) is 10.9. The third-order valence-corrected chi connectivity index (χ3v) is 5.40. The fourth-order valence-corrected chi connectivity index (χ4v) is 4.04. The topological polar surface area (TPSA) is 49.7 Å². The first-order valence-electron chi connectivity index (χ1n) is 6.10. The molecule has 1 unspecified atom stereocenters. The zero-order valence-corrected chi connectivity index (χ0v) is 11.7. The van der Waals surface area contributed by atoms with Gasteiger partial charge in [0.25, 0.3) is 0 Å². The van der Waals surface area contributed by atoms with Crippen LogP contribution in [0.1, 0.15) is 25.8 Å². The largest absolute Gasteiger partial charge is 0.273 e. The second-order valence-electron chi connectivity index (χ2n) is 4.58. The van der Waals surface area contributed by atoms with E-state index in [1.54, 1.807) is 6.92 Å². The van der Waals surface area contributed by atoms with Gasteiger partial charge < -0.3 is 0 Å². The lowest BCUT2D eigenvalue weighted by Gasteiger charge is -2.31. The Balaban J connectivity index is 2.53. The van der Waals surface area contributed by atoms with Crippen LogP contribution in [0.5, 0.6) is 0 Å². The van der Waals surface area contributed by atoms with Gasteiger partial charge in [0.2, 0.25) is 5.91 Å². The SMILES string of the molecule is CCS1(=O)=N[C@H](C)CC(=O)N1c1ccc(C)cc1. The van der Waals surface area contributed by atoms with E-state index in [2.05, 4.69) is 4.36 Å². The van der Waals surface area contributed by atoms with E-state index in [9.17, 15) is 9.00 Å². The van der Waals surface area contributed by atoms with E-state index in [0.717, 1.165) is 5.56 Å². The Bertz CT molecular complexity index is 571. The molecule has 2 rings (SSSR count). The van der Waals surface area contributed by atoms with Gasteiger partial charge in [-0.25, -0.2) is 12.9 Å². The Morgan fingerprint density at radius 1 is 1.39 bits per heavy atom. The first kappa shape index (κ1) is 13.1. The molecule has 1 aromatic carbocycles. The number of benzene rings is 1. The molecule has 1 aliphatic heterocycles. The molecule has 0 aliphatic carbocycles. The Morgan fingerprint density at radius 3 is 2.56 bits per heavy atom. The number of anilines is 1. The summed E-state index contributed by atoms with van der Waals surface area (Å²) in [5.74, 6) is 0.255. The molecule has 0 bridgehead atoms. The van der Waals surface area contributed by atoms with E-state index >= 15 is 0 Å². The summed E-state index contributed by atoms with van der Waals surface area (Å²) in [5, 5.41) is 0. The highest BCUT2D eigenvalue weighted by molar-refractivity contribution is 7.95. The minimum atomic E-state index is -2.62. The van der Waals surface area contributed by atoms with Gasteiger partial charge in [0.1, 0.15) is 9.92 Å². The molecule has 1 amide bonds. The first-order chi connectivity index (χ1) is 8.46. The molecule has 0 aromatic heterocycles. The van der Waals surface area contributed by atoms with Crippen LogP contribution >= 0.6 is 0 Å². The van der Waals surface area contributed by atoms with Gasteiger partial charge in [-0.2, -0.15) is 0 Å². The Hall–Kier alpha value is -1.36. The summed E-state index contributed by atoms with van der Waals surface area (Å²) in [6.07, 6.45) is 0.324. The van der Waals surface area contributed by atoms with Crippen LogP contribution in [0, 0.1) is 6.92 Å². The van der Waals surface area contributed by atoms with Crippen molar-refractivity contribution in [3.63, 3.8) is 0 Å². The quantitative estimate of drug-likeness (QED) is 0.826. The molecule has 5 heteroatoms. The fraction of sp³-hybridized carbons (Fsp3) is 0.462. The van der Waals surface area contributed by atoms with Crippen molar-refractivity contribution in [2.24, 2.45) is 4.36 Å². The molecule has 2 atom stereocenters. The van der Waals surface area contributed by atoms with Crippen molar-refractivity contribution in [2.45, 2.75) is 33.2 Å². The molecule has 0 saturated carbocycles. The predicted molar refractivity (Wildman–Crippen MR) is 73.9 cm³/mol. The number of carbonyl (C=O) groups is 1. The summed E-state index contributed by atoms with van der Waals surface area (Å²) >= 11 is 0. The minimum Gasteiger partial charge on any atom is -0.273 e. The van der Waals surface area contributed by atoms with E-state index < -0.39 is 9.92 Å². The van der Waals surface area contributed by atoms with Crippen LogP contribution in [0.2, 0.25) is 0 Å². The minimum absolute atomic E-state index is 0.104. The highest BCUT2D eigenvalue weighted by atomic mass is 32.2. The maximum absolute atomic E-state index is 12.8. The lowest BCUT2D eigenvalue weighted by molar-refractivity contribution is -0.117. The van der Waals surface area contributed by atoms with Crippen LogP contribution in [-0.2, 0) is 14.7 Å². The number of rotatable bonds is 2. The van der Waals surface area contributed by atoms with Crippen LogP contribution in [0.15, 0.2) is 28.6 Å². The molecule has 0 N–H and O–H groups in total. The van der Waals surface area contributed by atoms with Crippen LogP contribution in [0.25, 0.3) is 0 Å². The number of nitrogens with zero attached hydrogens (tertiary/aromatic N) is 2. The standard InChI is InChI=1S/C13H18N2O2S/c1-4-18(17)14-11(3)9-13(16)15(18)12-7-5-10(2)6-8-12/h5-8,11H,4,9H2,1-3H3/t11-,18?/m1/s1. The van der Waals surface area contributed by atoms with Gasteiger partial charge >= 0.3 is 0 Å². The zero-order chi connectivity index (χ0) is 13.3. The highest BCUT2D eigenvalue weighted by Crippen LogP contribution is 2.26. The van der Waals surface area contributed by atoms with Crippen molar-refractivity contribution in [3.8, 4) is 0 Å². The van der Waals surface area contributed by atoms with E-state index in [1.165, 1.54) is 4.31 Å². The third kappa shape index (κ3) is 2.27. The molecule has 18 heavy (non-hydrogen) atoms. The second kappa shape index (κ2) is 4.72. The molecule has 0 radical (unpaired) electrons. The average Bonchev–Trinajstić information content (AvgIpc) is 2.30. The van der Waals surface area contributed by atoms with E-state index in [0.29, 0.717) is 17.9 Å². The molecular formula is C13H18N2O2S. The monoisotopic (exact) mass is 266 g/mol. The van der Waals surface area contributed by atoms with Crippen molar-refractivity contribution in [2.75, 3.05) is 10.1 Å². The van der Waals surface area contributed by atoms with Crippen LogP contribution < -0.4 is 4.31 Å². The molecular weight excluding hydrogens is 248 g/mol. The van der Waals surface area contributed by atoms with Gasteiger partial charge in [-0.3, -0.25) is 4.79 Å². The number of carbonyl (C=O) groups excluding carboxylic acids is 1. The maximum Gasteiger partial charge on any atom is 0.241 e. The molecule has 1 aliphatic rings. The summed E-state index contributed by atoms with van der Waals surface area (Å²) in [6, 6.07) is 7.32. The Labute approximate surface area is 108 Å². The predicted octanol–water partition coefficient (Wildman–Crippen LogP) is 2.52. The smallest absolute Gasteiger partial charge is 0.241 e. The summed E-state index contributed by atoms with van der Waals surface area (Å²) in [5.41, 5.74) is 1.78.